The molecule has 298 valence electrons. The summed E-state index contributed by atoms with van der Waals surface area (Å²) in [6.07, 6.45) is 2.43. The molecule has 12 nitrogen and oxygen atoms in total. The van der Waals surface area contributed by atoms with Gasteiger partial charge in [0.15, 0.2) is 0 Å². The first-order valence-electron chi connectivity index (χ1n) is 19.5. The Bertz CT molecular complexity index is 2140. The summed E-state index contributed by atoms with van der Waals surface area (Å²) in [5.41, 5.74) is 19.3. The fourth-order valence-electron chi connectivity index (χ4n) is 6.80. The first-order valence-corrected chi connectivity index (χ1v) is 19.5. The lowest BCUT2D eigenvalue weighted by molar-refractivity contribution is -0.134. The molecule has 0 fully saturated rings. The molecule has 5 aromatic carbocycles. The molecule has 12 heteroatoms. The fourth-order valence-corrected chi connectivity index (χ4v) is 6.80. The predicted octanol–water partition coefficient (Wildman–Crippen LogP) is 3.31. The highest BCUT2D eigenvalue weighted by molar-refractivity contribution is 5.96. The average molecular weight is 772 g/mol. The van der Waals surface area contributed by atoms with Crippen molar-refractivity contribution in [1.82, 2.24) is 21.3 Å². The maximum atomic E-state index is 14.5. The molecule has 5 rings (SSSR count). The van der Waals surface area contributed by atoms with Gasteiger partial charge in [-0.1, -0.05) is 115 Å². The Morgan fingerprint density at radius 2 is 0.895 bits per heavy atom. The molecule has 1 unspecified atom stereocenters. The lowest BCUT2D eigenvalue weighted by atomic mass is 9.98. The molecule has 0 aliphatic rings. The first kappa shape index (κ1) is 42.0. The number of primary amides is 1. The second-order valence-electron chi connectivity index (χ2n) is 14.3. The summed E-state index contributed by atoms with van der Waals surface area (Å²) in [5, 5.41) is 15.4. The number of unbranched alkanes of at least 4 members (excludes halogenated alkanes) is 1. The van der Waals surface area contributed by atoms with Gasteiger partial charge in [-0.05, 0) is 77.0 Å². The molecule has 0 heterocycles. The number of hydrogen-bond acceptors (Lipinski definition) is 7. The number of fused-ring (bicyclic) bond motifs is 2. The molecule has 0 aliphatic heterocycles. The summed E-state index contributed by atoms with van der Waals surface area (Å²) in [6.45, 7) is 0.742. The molecule has 4 atom stereocenters. The molecular formula is C45H53N7O5. The Kier molecular flexibility index (Phi) is 15.7. The second kappa shape index (κ2) is 21.3. The Morgan fingerprint density at radius 1 is 0.456 bits per heavy atom. The highest BCUT2D eigenvalue weighted by atomic mass is 16.2. The van der Waals surface area contributed by atoms with Crippen LogP contribution in [-0.4, -0.2) is 66.8 Å². The molecule has 0 saturated heterocycles. The molecule has 5 aromatic rings. The molecule has 10 N–H and O–H groups in total. The van der Waals surface area contributed by atoms with Crippen LogP contribution in [0.3, 0.4) is 0 Å². The van der Waals surface area contributed by atoms with Crippen LogP contribution in [0.25, 0.3) is 21.5 Å². The van der Waals surface area contributed by atoms with Crippen molar-refractivity contribution < 1.29 is 24.0 Å². The number of amides is 5. The minimum Gasteiger partial charge on any atom is -0.368 e. The van der Waals surface area contributed by atoms with E-state index in [2.05, 4.69) is 21.3 Å². The molecule has 57 heavy (non-hydrogen) atoms. The predicted molar refractivity (Wildman–Crippen MR) is 224 cm³/mol. The molecule has 0 aliphatic carbocycles. The van der Waals surface area contributed by atoms with Crippen LogP contribution < -0.4 is 38.5 Å². The first-order chi connectivity index (χ1) is 27.6. The van der Waals surface area contributed by atoms with Gasteiger partial charge in [0.05, 0.1) is 0 Å². The normalized spacial score (nSPS) is 13.2. The number of benzene rings is 5. The van der Waals surface area contributed by atoms with Gasteiger partial charge in [0.25, 0.3) is 0 Å². The minimum atomic E-state index is -1.17. The van der Waals surface area contributed by atoms with Crippen LogP contribution in [0.1, 0.15) is 48.8 Å². The van der Waals surface area contributed by atoms with Crippen LogP contribution in [0.5, 0.6) is 0 Å². The smallest absolute Gasteiger partial charge is 0.243 e. The van der Waals surface area contributed by atoms with Gasteiger partial charge in [0.1, 0.15) is 24.2 Å². The molecule has 5 amide bonds. The van der Waals surface area contributed by atoms with Gasteiger partial charge < -0.3 is 38.5 Å². The number of carbonyl (C=O) groups excluding carboxylic acids is 5. The molecule has 0 spiro atoms. The third kappa shape index (κ3) is 12.7. The topological polar surface area (TPSA) is 212 Å². The number of nitrogens with two attached hydrogens (primary N) is 3. The van der Waals surface area contributed by atoms with Crippen molar-refractivity contribution in [1.29, 1.82) is 0 Å². The number of carbonyl (C=O) groups is 5. The summed E-state index contributed by atoms with van der Waals surface area (Å²) in [5.74, 6) is -2.82. The summed E-state index contributed by atoms with van der Waals surface area (Å²) in [4.78, 5) is 68.1. The Hall–Kier alpha value is -6.11. The van der Waals surface area contributed by atoms with Crippen LogP contribution in [0.4, 0.5) is 0 Å². The van der Waals surface area contributed by atoms with Crippen molar-refractivity contribution in [2.24, 2.45) is 17.2 Å². The van der Waals surface area contributed by atoms with E-state index in [9.17, 15) is 24.0 Å². The third-order valence-corrected chi connectivity index (χ3v) is 9.92. The van der Waals surface area contributed by atoms with Gasteiger partial charge in [-0.2, -0.15) is 0 Å². The van der Waals surface area contributed by atoms with Crippen molar-refractivity contribution in [3.8, 4) is 0 Å². The van der Waals surface area contributed by atoms with E-state index in [-0.39, 0.29) is 31.6 Å². The van der Waals surface area contributed by atoms with Crippen molar-refractivity contribution in [2.75, 3.05) is 13.1 Å². The van der Waals surface area contributed by atoms with Crippen molar-refractivity contribution >= 4 is 51.1 Å². The van der Waals surface area contributed by atoms with Gasteiger partial charge in [0, 0.05) is 25.7 Å². The van der Waals surface area contributed by atoms with Crippen molar-refractivity contribution in [2.45, 2.75) is 75.5 Å². The summed E-state index contributed by atoms with van der Waals surface area (Å²) >= 11 is 0. The number of hydrogen-bond donors (Lipinski definition) is 7. The zero-order valence-corrected chi connectivity index (χ0v) is 32.1. The van der Waals surface area contributed by atoms with Gasteiger partial charge in [-0.15, -0.1) is 0 Å². The van der Waals surface area contributed by atoms with Gasteiger partial charge in [-0.25, -0.2) is 0 Å². The third-order valence-electron chi connectivity index (χ3n) is 9.92. The number of rotatable bonds is 21. The van der Waals surface area contributed by atoms with Crippen molar-refractivity contribution in [3.05, 3.63) is 132 Å². The summed E-state index contributed by atoms with van der Waals surface area (Å²) < 4.78 is 0. The molecule has 0 aromatic heterocycles. The summed E-state index contributed by atoms with van der Waals surface area (Å²) in [6, 6.07) is 32.2. The highest BCUT2D eigenvalue weighted by Crippen LogP contribution is 2.19. The van der Waals surface area contributed by atoms with E-state index < -0.39 is 47.8 Å². The fraction of sp³-hybridized carbons (Fsp3) is 0.311. The minimum absolute atomic E-state index is 0.0783. The van der Waals surface area contributed by atoms with E-state index in [1.807, 2.05) is 115 Å². The Labute approximate surface area is 333 Å². The van der Waals surface area contributed by atoms with Crippen LogP contribution in [0.2, 0.25) is 0 Å². The lowest BCUT2D eigenvalue weighted by Gasteiger charge is -2.27. The van der Waals surface area contributed by atoms with Gasteiger partial charge in [0.2, 0.25) is 29.5 Å². The maximum Gasteiger partial charge on any atom is 0.243 e. The van der Waals surface area contributed by atoms with Crippen molar-refractivity contribution in [3.63, 3.8) is 0 Å². The maximum absolute atomic E-state index is 14.5. The Balaban J connectivity index is 1.45. The largest absolute Gasteiger partial charge is 0.368 e. The van der Waals surface area contributed by atoms with E-state index in [0.29, 0.717) is 38.8 Å². The van der Waals surface area contributed by atoms with E-state index in [1.54, 1.807) is 0 Å². The monoisotopic (exact) mass is 771 g/mol. The number of nitrogens with one attached hydrogen (secondary N) is 4. The van der Waals surface area contributed by atoms with E-state index in [1.165, 1.54) is 0 Å². The standard InChI is InChI=1S/C45H53N7O5/c46-23-9-8-17-37(42(48)54)50-44(56)39(27-30-11-2-1-3-12-30)51-45(57)40(29-32-20-22-34-14-5-7-16-36(34)26-32)52-43(55)38(49-41(53)18-10-24-47)28-31-19-21-33-13-4-6-15-35(33)25-31/h1-7,11-16,19-22,25-26,37-40H,8-10,17-18,23-24,27-29,46-47H2,(H2,48,54)(H,49,53)(H,50,56)(H,51,57)(H,52,55)/t37-,38?,39-,40+/m0/s1. The van der Waals surface area contributed by atoms with Crippen LogP contribution in [0, 0.1) is 0 Å². The quantitative estimate of drug-likeness (QED) is 0.0553. The van der Waals surface area contributed by atoms with Crippen LogP contribution in [-0.2, 0) is 43.2 Å². The molecule has 0 radical (unpaired) electrons. The van der Waals surface area contributed by atoms with E-state index in [4.69, 9.17) is 17.2 Å². The van der Waals surface area contributed by atoms with Gasteiger partial charge in [-0.3, -0.25) is 24.0 Å². The van der Waals surface area contributed by atoms with Gasteiger partial charge >= 0.3 is 0 Å². The zero-order chi connectivity index (χ0) is 40.6. The zero-order valence-electron chi connectivity index (χ0n) is 32.1. The van der Waals surface area contributed by atoms with Crippen LogP contribution >= 0.6 is 0 Å². The lowest BCUT2D eigenvalue weighted by Crippen LogP contribution is -2.59. The summed E-state index contributed by atoms with van der Waals surface area (Å²) in [7, 11) is 0. The molecular weight excluding hydrogens is 719 g/mol. The molecule has 0 bridgehead atoms. The SMILES string of the molecule is NCCCC[C@H](NC(=O)[C@H](Cc1ccccc1)NC(=O)[C@@H](Cc1ccc2ccccc2c1)NC(=O)C(Cc1ccc2ccccc2c1)NC(=O)CCCN)C(N)=O. The van der Waals surface area contributed by atoms with Crippen LogP contribution in [0.15, 0.2) is 115 Å². The molecule has 0 saturated carbocycles. The average Bonchev–Trinajstić information content (AvgIpc) is 3.22. The second-order valence-corrected chi connectivity index (χ2v) is 14.3. The van der Waals surface area contributed by atoms with E-state index in [0.717, 1.165) is 38.2 Å². The highest BCUT2D eigenvalue weighted by Gasteiger charge is 2.31. The van der Waals surface area contributed by atoms with E-state index >= 15 is 0 Å². The Morgan fingerprint density at radius 3 is 1.39 bits per heavy atom.